The van der Waals surface area contributed by atoms with Crippen LogP contribution in [0.25, 0.3) is 11.5 Å². The molecule has 0 saturated carbocycles. The van der Waals surface area contributed by atoms with Crippen LogP contribution in [0.5, 0.6) is 0 Å². The standard InChI is InChI=1S/C21H23N3O2/c1-13-6-7-14(2)17(12-13)19-23-24-20(26-19)22-18(25)15-8-10-16(11-9-15)21(3,4)5/h6-12H,1-5H3,(H,22,24,25). The molecule has 0 fully saturated rings. The van der Waals surface area contributed by atoms with E-state index in [2.05, 4.69) is 36.3 Å². The first-order chi connectivity index (χ1) is 12.2. The van der Waals surface area contributed by atoms with Crippen molar-refractivity contribution in [2.75, 3.05) is 5.32 Å². The van der Waals surface area contributed by atoms with Crippen LogP contribution >= 0.6 is 0 Å². The Balaban J connectivity index is 1.77. The summed E-state index contributed by atoms with van der Waals surface area (Å²) in [4.78, 5) is 12.4. The van der Waals surface area contributed by atoms with Gasteiger partial charge in [-0.15, -0.1) is 5.10 Å². The van der Waals surface area contributed by atoms with Gasteiger partial charge in [0.2, 0.25) is 5.89 Å². The molecule has 1 aromatic heterocycles. The van der Waals surface area contributed by atoms with E-state index >= 15 is 0 Å². The highest BCUT2D eigenvalue weighted by atomic mass is 16.4. The van der Waals surface area contributed by atoms with Crippen molar-refractivity contribution in [1.29, 1.82) is 0 Å². The second kappa shape index (κ2) is 6.75. The predicted octanol–water partition coefficient (Wildman–Crippen LogP) is 4.90. The molecule has 0 saturated heterocycles. The molecule has 0 bridgehead atoms. The largest absolute Gasteiger partial charge is 0.403 e. The molecule has 0 unspecified atom stereocenters. The summed E-state index contributed by atoms with van der Waals surface area (Å²) in [6, 6.07) is 13.6. The van der Waals surface area contributed by atoms with Gasteiger partial charge in [0.15, 0.2) is 0 Å². The van der Waals surface area contributed by atoms with Gasteiger partial charge in [-0.2, -0.15) is 0 Å². The smallest absolute Gasteiger partial charge is 0.322 e. The molecule has 5 heteroatoms. The number of amides is 1. The van der Waals surface area contributed by atoms with Crippen molar-refractivity contribution < 1.29 is 9.21 Å². The molecule has 2 aromatic carbocycles. The zero-order valence-electron chi connectivity index (χ0n) is 15.8. The van der Waals surface area contributed by atoms with Crippen LogP contribution in [-0.4, -0.2) is 16.1 Å². The molecule has 0 radical (unpaired) electrons. The van der Waals surface area contributed by atoms with Crippen LogP contribution in [-0.2, 0) is 5.41 Å². The van der Waals surface area contributed by atoms with Gasteiger partial charge >= 0.3 is 6.01 Å². The molecule has 5 nitrogen and oxygen atoms in total. The number of carbonyl (C=O) groups excluding carboxylic acids is 1. The number of anilines is 1. The Morgan fingerprint density at radius 1 is 1.00 bits per heavy atom. The van der Waals surface area contributed by atoms with Crippen molar-refractivity contribution in [2.45, 2.75) is 40.0 Å². The second-order valence-electron chi connectivity index (χ2n) is 7.51. The van der Waals surface area contributed by atoms with Crippen LogP contribution in [0.2, 0.25) is 0 Å². The number of hydrogen-bond donors (Lipinski definition) is 1. The van der Waals surface area contributed by atoms with Crippen LogP contribution < -0.4 is 5.32 Å². The van der Waals surface area contributed by atoms with E-state index < -0.39 is 0 Å². The van der Waals surface area contributed by atoms with Crippen molar-refractivity contribution in [3.05, 3.63) is 64.7 Å². The Labute approximate surface area is 153 Å². The van der Waals surface area contributed by atoms with E-state index in [0.717, 1.165) is 16.7 Å². The van der Waals surface area contributed by atoms with Crippen molar-refractivity contribution in [3.63, 3.8) is 0 Å². The minimum Gasteiger partial charge on any atom is -0.403 e. The maximum Gasteiger partial charge on any atom is 0.322 e. The molecule has 1 N–H and O–H groups in total. The summed E-state index contributed by atoms with van der Waals surface area (Å²) in [7, 11) is 0. The van der Waals surface area contributed by atoms with Crippen LogP contribution in [0.15, 0.2) is 46.9 Å². The average Bonchev–Trinajstić information content (AvgIpc) is 3.04. The maximum atomic E-state index is 12.4. The van der Waals surface area contributed by atoms with Gasteiger partial charge in [0.1, 0.15) is 0 Å². The van der Waals surface area contributed by atoms with E-state index in [-0.39, 0.29) is 17.3 Å². The monoisotopic (exact) mass is 349 g/mol. The second-order valence-corrected chi connectivity index (χ2v) is 7.51. The molecule has 0 aliphatic heterocycles. The minimum atomic E-state index is -0.276. The van der Waals surface area contributed by atoms with Gasteiger partial charge in [-0.05, 0) is 48.6 Å². The molecule has 134 valence electrons. The number of benzene rings is 2. The minimum absolute atomic E-state index is 0.0437. The molecule has 0 aliphatic rings. The van der Waals surface area contributed by atoms with E-state index in [1.807, 2.05) is 44.2 Å². The Kier molecular flexibility index (Phi) is 4.64. The molecular formula is C21H23N3O2. The molecule has 26 heavy (non-hydrogen) atoms. The predicted molar refractivity (Wildman–Crippen MR) is 102 cm³/mol. The molecule has 0 aliphatic carbocycles. The van der Waals surface area contributed by atoms with E-state index in [1.165, 1.54) is 5.56 Å². The number of rotatable bonds is 3. The van der Waals surface area contributed by atoms with Crippen LogP contribution in [0.3, 0.4) is 0 Å². The zero-order valence-corrected chi connectivity index (χ0v) is 15.8. The van der Waals surface area contributed by atoms with Gasteiger partial charge in [0, 0.05) is 11.1 Å². The lowest BCUT2D eigenvalue weighted by atomic mass is 9.87. The number of carbonyl (C=O) groups is 1. The molecule has 3 rings (SSSR count). The third kappa shape index (κ3) is 3.82. The quantitative estimate of drug-likeness (QED) is 0.730. The first-order valence-corrected chi connectivity index (χ1v) is 8.57. The SMILES string of the molecule is Cc1ccc(C)c(-c2nnc(NC(=O)c3ccc(C(C)(C)C)cc3)o2)c1. The summed E-state index contributed by atoms with van der Waals surface area (Å²) < 4.78 is 5.62. The Morgan fingerprint density at radius 3 is 2.35 bits per heavy atom. The highest BCUT2D eigenvalue weighted by Gasteiger charge is 2.16. The zero-order chi connectivity index (χ0) is 18.9. The van der Waals surface area contributed by atoms with Gasteiger partial charge in [0.25, 0.3) is 5.91 Å². The first-order valence-electron chi connectivity index (χ1n) is 8.57. The summed E-state index contributed by atoms with van der Waals surface area (Å²) in [6.07, 6.45) is 0. The summed E-state index contributed by atoms with van der Waals surface area (Å²) in [5.74, 6) is 0.117. The number of hydrogen-bond acceptors (Lipinski definition) is 4. The summed E-state index contributed by atoms with van der Waals surface area (Å²) in [6.45, 7) is 10.4. The average molecular weight is 349 g/mol. The van der Waals surface area contributed by atoms with Crippen molar-refractivity contribution in [2.24, 2.45) is 0 Å². The topological polar surface area (TPSA) is 68.0 Å². The molecule has 3 aromatic rings. The molecule has 0 spiro atoms. The molecule has 1 heterocycles. The fourth-order valence-electron chi connectivity index (χ4n) is 2.64. The number of nitrogens with one attached hydrogen (secondary N) is 1. The van der Waals surface area contributed by atoms with Crippen molar-refractivity contribution in [1.82, 2.24) is 10.2 Å². The Morgan fingerprint density at radius 2 is 1.69 bits per heavy atom. The van der Waals surface area contributed by atoms with E-state index in [9.17, 15) is 4.79 Å². The normalized spacial score (nSPS) is 11.4. The first kappa shape index (κ1) is 17.9. The van der Waals surface area contributed by atoms with Gasteiger partial charge in [-0.25, -0.2) is 0 Å². The maximum absolute atomic E-state index is 12.4. The van der Waals surface area contributed by atoms with Gasteiger partial charge in [0.05, 0.1) is 0 Å². The molecule has 1 amide bonds. The molecule has 0 atom stereocenters. The van der Waals surface area contributed by atoms with Crippen LogP contribution in [0.1, 0.15) is 47.8 Å². The highest BCUT2D eigenvalue weighted by molar-refractivity contribution is 6.03. The van der Waals surface area contributed by atoms with Crippen LogP contribution in [0, 0.1) is 13.8 Å². The third-order valence-electron chi connectivity index (χ3n) is 4.28. The lowest BCUT2D eigenvalue weighted by molar-refractivity contribution is 0.102. The Bertz CT molecular complexity index is 935. The number of aryl methyl sites for hydroxylation is 2. The van der Waals surface area contributed by atoms with E-state index in [1.54, 1.807) is 12.1 Å². The lowest BCUT2D eigenvalue weighted by Gasteiger charge is -2.18. The third-order valence-corrected chi connectivity index (χ3v) is 4.28. The fraction of sp³-hybridized carbons (Fsp3) is 0.286. The summed E-state index contributed by atoms with van der Waals surface area (Å²) >= 11 is 0. The fourth-order valence-corrected chi connectivity index (χ4v) is 2.64. The van der Waals surface area contributed by atoms with E-state index in [4.69, 9.17) is 4.42 Å². The van der Waals surface area contributed by atoms with E-state index in [0.29, 0.717) is 11.5 Å². The highest BCUT2D eigenvalue weighted by Crippen LogP contribution is 2.25. The molecular weight excluding hydrogens is 326 g/mol. The van der Waals surface area contributed by atoms with Crippen molar-refractivity contribution in [3.8, 4) is 11.5 Å². The van der Waals surface area contributed by atoms with Crippen molar-refractivity contribution >= 4 is 11.9 Å². The number of nitrogens with zero attached hydrogens (tertiary/aromatic N) is 2. The van der Waals surface area contributed by atoms with Gasteiger partial charge in [-0.3, -0.25) is 10.1 Å². The lowest BCUT2D eigenvalue weighted by Crippen LogP contribution is -2.14. The number of aromatic nitrogens is 2. The van der Waals surface area contributed by atoms with Gasteiger partial charge in [-0.1, -0.05) is 55.7 Å². The summed E-state index contributed by atoms with van der Waals surface area (Å²) in [5.41, 5.74) is 4.77. The Hall–Kier alpha value is -2.95. The van der Waals surface area contributed by atoms with Gasteiger partial charge < -0.3 is 4.42 Å². The summed E-state index contributed by atoms with van der Waals surface area (Å²) in [5, 5.41) is 10.6. The van der Waals surface area contributed by atoms with Crippen LogP contribution in [0.4, 0.5) is 6.01 Å².